The Kier molecular flexibility index (Phi) is 4.55. The molecule has 0 amide bonds. The summed E-state index contributed by atoms with van der Waals surface area (Å²) in [5, 5.41) is 12.3. The first-order valence-corrected chi connectivity index (χ1v) is 5.95. The van der Waals surface area contributed by atoms with Gasteiger partial charge in [-0.2, -0.15) is 0 Å². The van der Waals surface area contributed by atoms with E-state index in [-0.39, 0.29) is 18.9 Å². The normalized spacial score (nSPS) is 14.4. The van der Waals surface area contributed by atoms with E-state index in [1.165, 1.54) is 0 Å². The summed E-state index contributed by atoms with van der Waals surface area (Å²) in [6, 6.07) is 14.7. The molecule has 19 heavy (non-hydrogen) atoms. The van der Waals surface area contributed by atoms with Gasteiger partial charge in [-0.15, -0.1) is 0 Å². The molecule has 0 N–H and O–H groups in total. The Morgan fingerprint density at radius 3 is 2.26 bits per heavy atom. The van der Waals surface area contributed by atoms with Crippen LogP contribution >= 0.6 is 0 Å². The summed E-state index contributed by atoms with van der Waals surface area (Å²) in [5.74, 6) is 1.38. The molecular weight excluding hydrogens is 235 g/mol. The van der Waals surface area contributed by atoms with Crippen LogP contribution in [0.4, 0.5) is 0 Å². The van der Waals surface area contributed by atoms with Crippen molar-refractivity contribution in [3.63, 3.8) is 0 Å². The van der Waals surface area contributed by atoms with Crippen LogP contribution in [0.1, 0.15) is 17.2 Å². The zero-order valence-corrected chi connectivity index (χ0v) is 10.8. The first-order valence-electron chi connectivity index (χ1n) is 5.95. The van der Waals surface area contributed by atoms with E-state index in [1.54, 1.807) is 18.2 Å². The van der Waals surface area contributed by atoms with Gasteiger partial charge in [-0.1, -0.05) is 53.6 Å². The Morgan fingerprint density at radius 2 is 1.53 bits per heavy atom. The maximum atomic E-state index is 12.3. The molecule has 92 valence electrons. The fourth-order valence-electron chi connectivity index (χ4n) is 2.04. The van der Waals surface area contributed by atoms with Crippen molar-refractivity contribution in [2.24, 2.45) is 0 Å². The molecule has 0 spiro atoms. The average molecular weight is 248 g/mol. The topological polar surface area (TPSA) is 41.5 Å². The smallest absolute Gasteiger partial charge is 0.845 e. The van der Waals surface area contributed by atoms with Gasteiger partial charge in [0.15, 0.2) is 11.5 Å². The molecule has 3 rings (SSSR count). The predicted molar refractivity (Wildman–Crippen MR) is 65.7 cm³/mol. The van der Waals surface area contributed by atoms with Crippen molar-refractivity contribution in [2.75, 3.05) is 13.2 Å². The molecule has 2 aromatic carbocycles. The van der Waals surface area contributed by atoms with Gasteiger partial charge in [0.2, 0.25) is 0 Å². The second-order valence-electron chi connectivity index (χ2n) is 4.19. The number of ether oxygens (including phenoxy) is 2. The summed E-state index contributed by atoms with van der Waals surface area (Å²) in [4.78, 5) is 0. The molecule has 1 aliphatic heterocycles. The van der Waals surface area contributed by atoms with E-state index < -0.39 is 6.10 Å². The van der Waals surface area contributed by atoms with Crippen LogP contribution in [0.3, 0.4) is 0 Å². The summed E-state index contributed by atoms with van der Waals surface area (Å²) in [6.07, 6.45) is -0.887. The second kappa shape index (κ2) is 6.16. The molecule has 0 radical (unpaired) electrons. The fourth-order valence-corrected chi connectivity index (χ4v) is 2.04. The largest absolute Gasteiger partial charge is 1.00 e. The van der Waals surface area contributed by atoms with Crippen LogP contribution in [-0.4, -0.2) is 13.2 Å². The molecule has 4 heteroatoms. The van der Waals surface area contributed by atoms with Crippen LogP contribution in [0, 0.1) is 0 Å². The van der Waals surface area contributed by atoms with Crippen LogP contribution in [-0.2, 0) is 0 Å². The molecule has 0 bridgehead atoms. The minimum atomic E-state index is -0.887. The van der Waals surface area contributed by atoms with E-state index in [2.05, 4.69) is 0 Å². The van der Waals surface area contributed by atoms with Crippen LogP contribution in [0.2, 0.25) is 0 Å². The Hall–Kier alpha value is -1.40. The SMILES string of the molecule is [Li+].[O-]C(c1ccccc1)c1ccc2c(c1)OCCO2. The van der Waals surface area contributed by atoms with Gasteiger partial charge < -0.3 is 14.6 Å². The predicted octanol–water partition coefficient (Wildman–Crippen LogP) is -1.09. The van der Waals surface area contributed by atoms with Gasteiger partial charge in [0.05, 0.1) is 0 Å². The van der Waals surface area contributed by atoms with Gasteiger partial charge in [0.1, 0.15) is 13.2 Å². The van der Waals surface area contributed by atoms with Gasteiger partial charge in [-0.05, 0) is 12.1 Å². The quantitative estimate of drug-likeness (QED) is 0.634. The van der Waals surface area contributed by atoms with Crippen LogP contribution in [0.5, 0.6) is 11.5 Å². The third-order valence-corrected chi connectivity index (χ3v) is 2.97. The van der Waals surface area contributed by atoms with Crippen molar-refractivity contribution < 1.29 is 33.4 Å². The third kappa shape index (κ3) is 2.95. The Morgan fingerprint density at radius 1 is 0.842 bits per heavy atom. The molecule has 1 atom stereocenters. The zero-order chi connectivity index (χ0) is 12.4. The maximum Gasteiger partial charge on any atom is 1.00 e. The molecule has 3 nitrogen and oxygen atoms in total. The van der Waals surface area contributed by atoms with E-state index >= 15 is 0 Å². The van der Waals surface area contributed by atoms with E-state index in [0.717, 1.165) is 5.56 Å². The summed E-state index contributed by atoms with van der Waals surface area (Å²) < 4.78 is 10.9. The van der Waals surface area contributed by atoms with Gasteiger partial charge >= 0.3 is 18.9 Å². The fraction of sp³-hybridized carbons (Fsp3) is 0.200. The Bertz CT molecular complexity index is 542. The molecule has 0 aromatic heterocycles. The molecule has 2 aromatic rings. The van der Waals surface area contributed by atoms with Crippen LogP contribution in [0.15, 0.2) is 48.5 Å². The summed E-state index contributed by atoms with van der Waals surface area (Å²) in [6.45, 7) is 1.09. The summed E-state index contributed by atoms with van der Waals surface area (Å²) >= 11 is 0. The molecule has 1 heterocycles. The monoisotopic (exact) mass is 248 g/mol. The van der Waals surface area contributed by atoms with Gasteiger partial charge in [-0.3, -0.25) is 0 Å². The van der Waals surface area contributed by atoms with Crippen molar-refractivity contribution in [1.82, 2.24) is 0 Å². The summed E-state index contributed by atoms with van der Waals surface area (Å²) in [7, 11) is 0. The number of fused-ring (bicyclic) bond motifs is 1. The number of hydrogen-bond acceptors (Lipinski definition) is 3. The Labute approximate surface area is 124 Å². The molecule has 0 saturated carbocycles. The van der Waals surface area contributed by atoms with E-state index in [1.807, 2.05) is 30.3 Å². The zero-order valence-electron chi connectivity index (χ0n) is 10.8. The van der Waals surface area contributed by atoms with Crippen LogP contribution in [0.25, 0.3) is 0 Å². The third-order valence-electron chi connectivity index (χ3n) is 2.97. The number of benzene rings is 2. The average Bonchev–Trinajstić information content (AvgIpc) is 2.47. The van der Waals surface area contributed by atoms with E-state index in [4.69, 9.17) is 9.47 Å². The molecular formula is C15H13LiO3. The van der Waals surface area contributed by atoms with Gasteiger partial charge in [0.25, 0.3) is 0 Å². The van der Waals surface area contributed by atoms with Crippen molar-refractivity contribution in [3.8, 4) is 11.5 Å². The standard InChI is InChI=1S/C15H13O3.Li/c16-15(11-4-2-1-3-5-11)12-6-7-13-14(10-12)18-9-8-17-13;/h1-7,10,15H,8-9H2;/q-1;+1. The van der Waals surface area contributed by atoms with E-state index in [0.29, 0.717) is 30.3 Å². The number of hydrogen-bond donors (Lipinski definition) is 0. The van der Waals surface area contributed by atoms with Crippen molar-refractivity contribution in [1.29, 1.82) is 0 Å². The molecule has 1 unspecified atom stereocenters. The number of rotatable bonds is 2. The minimum Gasteiger partial charge on any atom is -0.845 e. The second-order valence-corrected chi connectivity index (χ2v) is 4.19. The van der Waals surface area contributed by atoms with Gasteiger partial charge in [0, 0.05) is 0 Å². The maximum absolute atomic E-state index is 12.3. The van der Waals surface area contributed by atoms with Crippen LogP contribution < -0.4 is 33.4 Å². The van der Waals surface area contributed by atoms with Crippen molar-refractivity contribution in [2.45, 2.75) is 6.10 Å². The molecule has 0 aliphatic carbocycles. The summed E-state index contributed by atoms with van der Waals surface area (Å²) in [5.41, 5.74) is 1.46. The van der Waals surface area contributed by atoms with Crippen molar-refractivity contribution >= 4 is 0 Å². The molecule has 0 saturated heterocycles. The molecule has 1 aliphatic rings. The van der Waals surface area contributed by atoms with Crippen molar-refractivity contribution in [3.05, 3.63) is 59.7 Å². The van der Waals surface area contributed by atoms with E-state index in [9.17, 15) is 5.11 Å². The minimum absolute atomic E-state index is 0. The first-order chi connectivity index (χ1) is 8.84. The first kappa shape index (κ1) is 14.0. The van der Waals surface area contributed by atoms with Gasteiger partial charge in [-0.25, -0.2) is 0 Å². The Balaban J connectivity index is 0.00000133. The molecule has 0 fully saturated rings.